The summed E-state index contributed by atoms with van der Waals surface area (Å²) in [5.74, 6) is 0.369. The number of carbonyl (C=O) groups excluding carboxylic acids is 1. The van der Waals surface area contributed by atoms with Gasteiger partial charge in [0.05, 0.1) is 18.4 Å². The topological polar surface area (TPSA) is 56.3 Å². The minimum absolute atomic E-state index is 0.0983. The molecule has 3 fully saturated rings. The van der Waals surface area contributed by atoms with E-state index in [0.29, 0.717) is 29.9 Å². The number of β-amino-alcohol motifs (C(OH)–C–C–N with tert-alkyl or cyclic N) is 1. The van der Waals surface area contributed by atoms with E-state index in [4.69, 9.17) is 4.74 Å². The Morgan fingerprint density at radius 2 is 1.88 bits per heavy atom. The van der Waals surface area contributed by atoms with Crippen molar-refractivity contribution < 1.29 is 19.0 Å². The quantitative estimate of drug-likeness (QED) is 0.733. The van der Waals surface area contributed by atoms with Gasteiger partial charge in [0.25, 0.3) is 5.91 Å². The monoisotopic (exact) mass is 465 g/mol. The van der Waals surface area contributed by atoms with Crippen LogP contribution in [0, 0.1) is 11.2 Å². The Balaban J connectivity index is 1.12. The summed E-state index contributed by atoms with van der Waals surface area (Å²) in [5, 5.41) is 10.4. The van der Waals surface area contributed by atoms with Gasteiger partial charge in [-0.25, -0.2) is 4.39 Å². The highest BCUT2D eigenvalue weighted by atomic mass is 19.1. The normalized spacial score (nSPS) is 23.0. The van der Waals surface area contributed by atoms with Gasteiger partial charge in [-0.3, -0.25) is 9.69 Å². The third-order valence-electron chi connectivity index (χ3n) is 8.33. The maximum absolute atomic E-state index is 15.3. The fraction of sp³-hybridized carbons (Fsp3) is 0.519. The van der Waals surface area contributed by atoms with Crippen molar-refractivity contribution in [2.45, 2.75) is 37.7 Å². The maximum atomic E-state index is 15.3. The van der Waals surface area contributed by atoms with Crippen LogP contribution in [0.1, 0.15) is 41.6 Å². The first-order valence-electron chi connectivity index (χ1n) is 12.4. The molecule has 180 valence electrons. The molecular formula is C27H32FN3O3. The second kappa shape index (κ2) is 7.95. The Labute approximate surface area is 199 Å². The van der Waals surface area contributed by atoms with Crippen molar-refractivity contribution in [2.75, 3.05) is 56.2 Å². The number of amides is 1. The third-order valence-corrected chi connectivity index (χ3v) is 8.33. The van der Waals surface area contributed by atoms with Gasteiger partial charge in [-0.2, -0.15) is 0 Å². The van der Waals surface area contributed by atoms with Crippen LogP contribution in [0.3, 0.4) is 0 Å². The average Bonchev–Trinajstić information content (AvgIpc) is 3.23. The number of likely N-dealkylation sites (tertiary alicyclic amines) is 1. The maximum Gasteiger partial charge on any atom is 0.258 e. The molecule has 0 unspecified atom stereocenters. The van der Waals surface area contributed by atoms with Crippen LogP contribution in [0.4, 0.5) is 15.8 Å². The summed E-state index contributed by atoms with van der Waals surface area (Å²) in [6, 6.07) is 10.7. The third kappa shape index (κ3) is 3.66. The van der Waals surface area contributed by atoms with Crippen molar-refractivity contribution in [1.29, 1.82) is 0 Å². The number of nitrogens with zero attached hydrogens (tertiary/aromatic N) is 3. The summed E-state index contributed by atoms with van der Waals surface area (Å²) in [4.78, 5) is 19.3. The zero-order valence-electron chi connectivity index (χ0n) is 19.7. The number of aliphatic hydroxyl groups is 1. The smallest absolute Gasteiger partial charge is 0.258 e. The predicted octanol–water partition coefficient (Wildman–Crippen LogP) is 3.46. The van der Waals surface area contributed by atoms with E-state index in [1.54, 1.807) is 24.1 Å². The summed E-state index contributed by atoms with van der Waals surface area (Å²) < 4.78 is 20.5. The SMILES string of the molecule is COc1ccc2c(c1)CCN(c1ccc(N3CCC4(CN(CC5(O)CCC5)C4)C3)c(F)c1)C2=O. The number of benzene rings is 2. The standard InChI is InChI=1S/C27H32FN3O3/c1-34-21-4-5-22-19(13-21)7-11-31(25(22)32)20-3-6-24(23(28)14-20)30-12-10-26(17-30)15-29(16-26)18-27(33)8-2-9-27/h3-6,13-14,33H,2,7-12,15-18H2,1H3. The molecule has 0 radical (unpaired) electrons. The molecule has 2 saturated heterocycles. The minimum atomic E-state index is -0.472. The van der Waals surface area contributed by atoms with Crippen LogP contribution in [0.15, 0.2) is 36.4 Å². The molecule has 1 aliphatic carbocycles. The van der Waals surface area contributed by atoms with Gasteiger partial charge < -0.3 is 19.6 Å². The first kappa shape index (κ1) is 21.9. The van der Waals surface area contributed by atoms with E-state index in [9.17, 15) is 9.90 Å². The molecule has 6 nitrogen and oxygen atoms in total. The fourth-order valence-corrected chi connectivity index (χ4v) is 6.33. The van der Waals surface area contributed by atoms with Gasteiger partial charge in [0.2, 0.25) is 0 Å². The van der Waals surface area contributed by atoms with E-state index >= 15 is 4.39 Å². The average molecular weight is 466 g/mol. The van der Waals surface area contributed by atoms with Gasteiger partial charge in [0.15, 0.2) is 0 Å². The molecule has 0 aromatic heterocycles. The van der Waals surface area contributed by atoms with E-state index in [-0.39, 0.29) is 17.1 Å². The number of anilines is 2. The van der Waals surface area contributed by atoms with Gasteiger partial charge in [0.1, 0.15) is 11.6 Å². The Hall–Kier alpha value is -2.64. The molecule has 34 heavy (non-hydrogen) atoms. The van der Waals surface area contributed by atoms with Gasteiger partial charge >= 0.3 is 0 Å². The Kier molecular flexibility index (Phi) is 5.12. The minimum Gasteiger partial charge on any atom is -0.497 e. The lowest BCUT2D eigenvalue weighted by atomic mass is 9.75. The number of methoxy groups -OCH3 is 1. The first-order valence-corrected chi connectivity index (χ1v) is 12.4. The van der Waals surface area contributed by atoms with Crippen molar-refractivity contribution in [3.05, 3.63) is 53.3 Å². The van der Waals surface area contributed by atoms with Gasteiger partial charge in [-0.15, -0.1) is 0 Å². The molecule has 6 rings (SSSR count). The van der Waals surface area contributed by atoms with Gasteiger partial charge in [0, 0.05) is 55.9 Å². The first-order chi connectivity index (χ1) is 16.4. The number of ether oxygens (including phenoxy) is 1. The number of carbonyl (C=O) groups is 1. The van der Waals surface area contributed by atoms with Crippen LogP contribution in [0.5, 0.6) is 5.75 Å². The second-order valence-electron chi connectivity index (χ2n) is 10.8. The molecule has 1 amide bonds. The van der Waals surface area contributed by atoms with E-state index in [1.165, 1.54) is 6.07 Å². The van der Waals surface area contributed by atoms with Crippen LogP contribution in [-0.4, -0.2) is 67.9 Å². The molecule has 3 aliphatic heterocycles. The molecule has 2 aromatic carbocycles. The summed E-state index contributed by atoms with van der Waals surface area (Å²) in [6.07, 6.45) is 4.72. The summed E-state index contributed by atoms with van der Waals surface area (Å²) in [5.41, 5.74) is 2.58. The van der Waals surface area contributed by atoms with Gasteiger partial charge in [-0.05, 0) is 74.1 Å². The zero-order valence-corrected chi connectivity index (χ0v) is 19.7. The van der Waals surface area contributed by atoms with Crippen LogP contribution < -0.4 is 14.5 Å². The van der Waals surface area contributed by atoms with Crippen molar-refractivity contribution in [3.63, 3.8) is 0 Å². The molecule has 7 heteroatoms. The van der Waals surface area contributed by atoms with Crippen molar-refractivity contribution in [1.82, 2.24) is 4.90 Å². The number of halogens is 1. The van der Waals surface area contributed by atoms with Crippen molar-refractivity contribution >= 4 is 17.3 Å². The molecule has 4 aliphatic rings. The second-order valence-corrected chi connectivity index (χ2v) is 10.8. The van der Waals surface area contributed by atoms with Gasteiger partial charge in [-0.1, -0.05) is 0 Å². The number of rotatable bonds is 5. The predicted molar refractivity (Wildman–Crippen MR) is 129 cm³/mol. The molecule has 1 N–H and O–H groups in total. The molecular weight excluding hydrogens is 433 g/mol. The highest BCUT2D eigenvalue weighted by Crippen LogP contribution is 2.44. The highest BCUT2D eigenvalue weighted by Gasteiger charge is 2.50. The Morgan fingerprint density at radius 1 is 1.06 bits per heavy atom. The molecule has 3 heterocycles. The lowest BCUT2D eigenvalue weighted by molar-refractivity contribution is -0.0976. The summed E-state index contributed by atoms with van der Waals surface area (Å²) in [6.45, 7) is 4.95. The molecule has 0 bridgehead atoms. The largest absolute Gasteiger partial charge is 0.497 e. The molecule has 2 aromatic rings. The summed E-state index contributed by atoms with van der Waals surface area (Å²) in [7, 11) is 1.62. The number of fused-ring (bicyclic) bond motifs is 1. The summed E-state index contributed by atoms with van der Waals surface area (Å²) >= 11 is 0. The van der Waals surface area contributed by atoms with E-state index in [1.807, 2.05) is 18.2 Å². The van der Waals surface area contributed by atoms with Crippen LogP contribution in [0.25, 0.3) is 0 Å². The Bertz CT molecular complexity index is 1130. The van der Waals surface area contributed by atoms with E-state index in [2.05, 4.69) is 9.80 Å². The van der Waals surface area contributed by atoms with Crippen LogP contribution >= 0.6 is 0 Å². The van der Waals surface area contributed by atoms with Crippen molar-refractivity contribution in [2.24, 2.45) is 5.41 Å². The molecule has 1 saturated carbocycles. The lowest BCUT2D eigenvalue weighted by Crippen LogP contribution is -2.62. The number of hydrogen-bond donors (Lipinski definition) is 1. The zero-order chi connectivity index (χ0) is 23.5. The van der Waals surface area contributed by atoms with Crippen molar-refractivity contribution in [3.8, 4) is 5.75 Å². The molecule has 0 atom stereocenters. The van der Waals surface area contributed by atoms with Crippen LogP contribution in [-0.2, 0) is 6.42 Å². The lowest BCUT2D eigenvalue weighted by Gasteiger charge is -2.52. The molecule has 1 spiro atoms. The Morgan fingerprint density at radius 3 is 2.59 bits per heavy atom. The van der Waals surface area contributed by atoms with Crippen LogP contribution in [0.2, 0.25) is 0 Å². The van der Waals surface area contributed by atoms with E-state index < -0.39 is 5.60 Å². The highest BCUT2D eigenvalue weighted by molar-refractivity contribution is 6.08. The fourth-order valence-electron chi connectivity index (χ4n) is 6.33. The van der Waals surface area contributed by atoms with E-state index in [0.717, 1.165) is 69.7 Å². The number of hydrogen-bond acceptors (Lipinski definition) is 5.